The third-order valence-corrected chi connectivity index (χ3v) is 6.31. The number of hydrogen-bond donors (Lipinski definition) is 1. The predicted octanol–water partition coefficient (Wildman–Crippen LogP) is 5.82. The van der Waals surface area contributed by atoms with Crippen molar-refractivity contribution < 1.29 is 9.59 Å². The second kappa shape index (κ2) is 11.2. The number of unbranched alkanes of at least 4 members (excludes halogenated alkanes) is 1. The van der Waals surface area contributed by atoms with Gasteiger partial charge in [-0.25, -0.2) is 0 Å². The van der Waals surface area contributed by atoms with Gasteiger partial charge in [0.15, 0.2) is 5.78 Å². The van der Waals surface area contributed by atoms with E-state index in [1.165, 1.54) is 5.56 Å². The SMILES string of the molecule is Cc1ccccc1C(=O)CCCCN1CCC(c2cccc(NC(=O)C(C)C)c2)CC1. The minimum Gasteiger partial charge on any atom is -0.326 e. The second-order valence-electron chi connectivity index (χ2n) is 9.08. The third-order valence-electron chi connectivity index (χ3n) is 6.31. The Morgan fingerprint density at radius 1 is 1.03 bits per heavy atom. The van der Waals surface area contributed by atoms with Crippen molar-refractivity contribution in [2.24, 2.45) is 5.92 Å². The number of Topliss-reactive ketones (excluding diaryl/α,β-unsaturated/α-hetero) is 1. The number of anilines is 1. The molecule has 0 atom stereocenters. The van der Waals surface area contributed by atoms with Gasteiger partial charge in [0.05, 0.1) is 0 Å². The number of likely N-dealkylation sites (tertiary alicyclic amines) is 1. The molecular weight excluding hydrogens is 384 g/mol. The average Bonchev–Trinajstić information content (AvgIpc) is 2.77. The topological polar surface area (TPSA) is 49.4 Å². The van der Waals surface area contributed by atoms with Crippen molar-refractivity contribution in [3.8, 4) is 0 Å². The Bertz CT molecular complexity index is 882. The van der Waals surface area contributed by atoms with Gasteiger partial charge in [0.1, 0.15) is 0 Å². The molecule has 1 fully saturated rings. The molecule has 1 aliphatic rings. The van der Waals surface area contributed by atoms with Crippen LogP contribution in [0.15, 0.2) is 48.5 Å². The summed E-state index contributed by atoms with van der Waals surface area (Å²) in [7, 11) is 0. The molecular formula is C27H36N2O2. The molecule has 0 saturated carbocycles. The van der Waals surface area contributed by atoms with Gasteiger partial charge in [-0.05, 0) is 81.4 Å². The van der Waals surface area contributed by atoms with Crippen LogP contribution in [0.4, 0.5) is 5.69 Å². The number of carbonyl (C=O) groups excluding carboxylic acids is 2. The fourth-order valence-corrected chi connectivity index (χ4v) is 4.29. The summed E-state index contributed by atoms with van der Waals surface area (Å²) < 4.78 is 0. The van der Waals surface area contributed by atoms with Crippen molar-refractivity contribution in [2.45, 2.75) is 58.8 Å². The molecule has 2 aromatic rings. The quantitative estimate of drug-likeness (QED) is 0.411. The van der Waals surface area contributed by atoms with Crippen molar-refractivity contribution in [1.82, 2.24) is 4.90 Å². The van der Waals surface area contributed by atoms with Crippen molar-refractivity contribution >= 4 is 17.4 Å². The first-order chi connectivity index (χ1) is 14.9. The van der Waals surface area contributed by atoms with E-state index in [1.54, 1.807) is 0 Å². The molecule has 4 heteroatoms. The maximum absolute atomic E-state index is 12.4. The molecule has 1 saturated heterocycles. The Kier molecular flexibility index (Phi) is 8.42. The Morgan fingerprint density at radius 2 is 1.77 bits per heavy atom. The zero-order chi connectivity index (χ0) is 22.2. The molecule has 31 heavy (non-hydrogen) atoms. The highest BCUT2D eigenvalue weighted by Crippen LogP contribution is 2.29. The maximum atomic E-state index is 12.4. The van der Waals surface area contributed by atoms with Crippen LogP contribution >= 0.6 is 0 Å². The standard InChI is InChI=1S/C27H36N2O2/c1-20(2)27(31)28-24-11-8-10-23(19-24)22-14-17-29(18-15-22)16-7-6-13-26(30)25-12-5-4-9-21(25)3/h4-5,8-12,19-20,22H,6-7,13-18H2,1-3H3,(H,28,31). The first-order valence-electron chi connectivity index (χ1n) is 11.7. The molecule has 0 spiro atoms. The van der Waals surface area contributed by atoms with Crippen LogP contribution in [0.3, 0.4) is 0 Å². The first-order valence-corrected chi connectivity index (χ1v) is 11.7. The van der Waals surface area contributed by atoms with E-state index in [4.69, 9.17) is 0 Å². The Morgan fingerprint density at radius 3 is 2.48 bits per heavy atom. The van der Waals surface area contributed by atoms with Gasteiger partial charge < -0.3 is 10.2 Å². The first kappa shape index (κ1) is 23.2. The average molecular weight is 421 g/mol. The summed E-state index contributed by atoms with van der Waals surface area (Å²) in [6.45, 7) is 9.09. The Balaban J connectivity index is 1.39. The van der Waals surface area contributed by atoms with Gasteiger partial charge in [0.25, 0.3) is 0 Å². The van der Waals surface area contributed by atoms with E-state index in [0.717, 1.165) is 62.1 Å². The molecule has 0 unspecified atom stereocenters. The Labute approximate surface area is 187 Å². The molecule has 0 radical (unpaired) electrons. The van der Waals surface area contributed by atoms with Crippen LogP contribution in [0, 0.1) is 12.8 Å². The number of carbonyl (C=O) groups is 2. The molecule has 4 nitrogen and oxygen atoms in total. The van der Waals surface area contributed by atoms with E-state index >= 15 is 0 Å². The van der Waals surface area contributed by atoms with Gasteiger partial charge in [-0.3, -0.25) is 9.59 Å². The van der Waals surface area contributed by atoms with Crippen molar-refractivity contribution in [3.63, 3.8) is 0 Å². The van der Waals surface area contributed by atoms with Crippen LogP contribution in [0.25, 0.3) is 0 Å². The highest BCUT2D eigenvalue weighted by molar-refractivity contribution is 5.97. The van der Waals surface area contributed by atoms with Crippen LogP contribution in [-0.2, 0) is 4.79 Å². The van der Waals surface area contributed by atoms with Crippen LogP contribution < -0.4 is 5.32 Å². The van der Waals surface area contributed by atoms with E-state index in [2.05, 4.69) is 22.3 Å². The lowest BCUT2D eigenvalue weighted by Gasteiger charge is -2.32. The number of hydrogen-bond acceptors (Lipinski definition) is 3. The largest absolute Gasteiger partial charge is 0.326 e. The highest BCUT2D eigenvalue weighted by Gasteiger charge is 2.21. The third kappa shape index (κ3) is 6.76. The lowest BCUT2D eigenvalue weighted by Crippen LogP contribution is -2.33. The molecule has 0 aromatic heterocycles. The molecule has 166 valence electrons. The number of ketones is 1. The normalized spacial score (nSPS) is 15.2. The van der Waals surface area contributed by atoms with Crippen molar-refractivity contribution in [2.75, 3.05) is 25.0 Å². The monoisotopic (exact) mass is 420 g/mol. The summed E-state index contributed by atoms with van der Waals surface area (Å²) in [6, 6.07) is 16.2. The molecule has 2 aromatic carbocycles. The van der Waals surface area contributed by atoms with Crippen LogP contribution in [0.1, 0.15) is 73.4 Å². The lowest BCUT2D eigenvalue weighted by atomic mass is 9.89. The van der Waals surface area contributed by atoms with E-state index in [-0.39, 0.29) is 17.6 Å². The van der Waals surface area contributed by atoms with E-state index in [1.807, 2.05) is 57.2 Å². The summed E-state index contributed by atoms with van der Waals surface area (Å²) in [5.74, 6) is 0.864. The molecule has 0 bridgehead atoms. The molecule has 1 N–H and O–H groups in total. The van der Waals surface area contributed by atoms with Gasteiger partial charge in [0.2, 0.25) is 5.91 Å². The number of piperidine rings is 1. The second-order valence-corrected chi connectivity index (χ2v) is 9.08. The van der Waals surface area contributed by atoms with Crippen LogP contribution in [-0.4, -0.2) is 36.2 Å². The minimum atomic E-state index is -0.0149. The summed E-state index contributed by atoms with van der Waals surface area (Å²) in [5.41, 5.74) is 4.17. The summed E-state index contributed by atoms with van der Waals surface area (Å²) in [4.78, 5) is 26.9. The van der Waals surface area contributed by atoms with E-state index in [0.29, 0.717) is 12.3 Å². The fourth-order valence-electron chi connectivity index (χ4n) is 4.29. The van der Waals surface area contributed by atoms with Crippen LogP contribution in [0.2, 0.25) is 0 Å². The fraction of sp³-hybridized carbons (Fsp3) is 0.481. The number of nitrogens with one attached hydrogen (secondary N) is 1. The van der Waals surface area contributed by atoms with E-state index in [9.17, 15) is 9.59 Å². The summed E-state index contributed by atoms with van der Waals surface area (Å²) in [6.07, 6.45) is 4.94. The molecule has 0 aliphatic carbocycles. The van der Waals surface area contributed by atoms with Crippen molar-refractivity contribution in [3.05, 3.63) is 65.2 Å². The number of rotatable bonds is 9. The maximum Gasteiger partial charge on any atom is 0.226 e. The molecule has 1 amide bonds. The summed E-state index contributed by atoms with van der Waals surface area (Å²) in [5, 5.41) is 3.01. The molecule has 1 aliphatic heterocycles. The number of amides is 1. The molecule has 1 heterocycles. The lowest BCUT2D eigenvalue weighted by molar-refractivity contribution is -0.118. The van der Waals surface area contributed by atoms with Crippen molar-refractivity contribution in [1.29, 1.82) is 0 Å². The summed E-state index contributed by atoms with van der Waals surface area (Å²) >= 11 is 0. The highest BCUT2D eigenvalue weighted by atomic mass is 16.1. The smallest absolute Gasteiger partial charge is 0.226 e. The van der Waals surface area contributed by atoms with Gasteiger partial charge in [-0.15, -0.1) is 0 Å². The van der Waals surface area contributed by atoms with E-state index < -0.39 is 0 Å². The zero-order valence-corrected chi connectivity index (χ0v) is 19.2. The Hall–Kier alpha value is -2.46. The predicted molar refractivity (Wildman–Crippen MR) is 128 cm³/mol. The minimum absolute atomic E-state index is 0.0149. The number of benzene rings is 2. The van der Waals surface area contributed by atoms with Gasteiger partial charge >= 0.3 is 0 Å². The van der Waals surface area contributed by atoms with Gasteiger partial charge in [-0.2, -0.15) is 0 Å². The van der Waals surface area contributed by atoms with Crippen LogP contribution in [0.5, 0.6) is 0 Å². The number of aryl methyl sites for hydroxylation is 1. The number of nitrogens with zero attached hydrogens (tertiary/aromatic N) is 1. The zero-order valence-electron chi connectivity index (χ0n) is 19.2. The van der Waals surface area contributed by atoms with Gasteiger partial charge in [-0.1, -0.05) is 50.2 Å². The molecule has 3 rings (SSSR count). The van der Waals surface area contributed by atoms with Gasteiger partial charge in [0, 0.05) is 23.6 Å².